The molecule has 0 aliphatic rings. The summed E-state index contributed by atoms with van der Waals surface area (Å²) in [6.07, 6.45) is 1.06. The fourth-order valence-electron chi connectivity index (χ4n) is 0.497. The molecule has 0 amide bonds. The number of hydrogen-bond donors (Lipinski definition) is 1. The van der Waals surface area contributed by atoms with Gasteiger partial charge in [-0.05, 0) is 6.07 Å². The first-order valence-electron chi connectivity index (χ1n) is 3.45. The molecule has 1 rings (SSSR count). The highest BCUT2D eigenvalue weighted by Crippen LogP contribution is 2.10. The van der Waals surface area contributed by atoms with Gasteiger partial charge in [-0.1, -0.05) is 11.6 Å². The topological polar surface area (TPSA) is 33.1 Å². The summed E-state index contributed by atoms with van der Waals surface area (Å²) in [5.41, 5.74) is -0.660. The molecule has 0 spiro atoms. The number of halogens is 2. The van der Waals surface area contributed by atoms with Gasteiger partial charge in [-0.15, -0.1) is 0 Å². The van der Waals surface area contributed by atoms with Crippen LogP contribution in [0.1, 0.15) is 8.44 Å². The van der Waals surface area contributed by atoms with E-state index in [-0.39, 0.29) is 5.02 Å². The van der Waals surface area contributed by atoms with Crippen LogP contribution in [0.15, 0.2) is 12.3 Å². The van der Waals surface area contributed by atoms with Gasteiger partial charge < -0.3 is 5.11 Å². The van der Waals surface area contributed by atoms with Crippen LogP contribution < -0.4 is 0 Å². The smallest absolute Gasteiger partial charge is 0.148 e. The number of nitrogens with zero attached hydrogens (tertiary/aromatic N) is 1. The van der Waals surface area contributed by atoms with Crippen molar-refractivity contribution in [2.45, 2.75) is 6.56 Å². The zero-order valence-electron chi connectivity index (χ0n) is 6.81. The first kappa shape index (κ1) is 5.04. The zero-order chi connectivity index (χ0) is 9.35. The SMILES string of the molecule is [2H]C([2H])(O)c1ncc(Cl)cc1F. The summed E-state index contributed by atoms with van der Waals surface area (Å²) in [6, 6.07) is 0.887. The highest BCUT2D eigenvalue weighted by Gasteiger charge is 2.01. The third-order valence-corrected chi connectivity index (χ3v) is 1.12. The maximum absolute atomic E-state index is 12.8. The average molecular weight is 164 g/mol. The van der Waals surface area contributed by atoms with Crippen molar-refractivity contribution in [1.29, 1.82) is 0 Å². The minimum atomic E-state index is -2.77. The van der Waals surface area contributed by atoms with Crippen molar-refractivity contribution in [3.63, 3.8) is 0 Å². The summed E-state index contributed by atoms with van der Waals surface area (Å²) in [4.78, 5) is 3.32. The van der Waals surface area contributed by atoms with Crippen molar-refractivity contribution in [2.75, 3.05) is 0 Å². The van der Waals surface area contributed by atoms with E-state index in [1.165, 1.54) is 0 Å². The van der Waals surface area contributed by atoms with Crippen molar-refractivity contribution in [1.82, 2.24) is 4.98 Å². The molecule has 0 saturated carbocycles. The first-order valence-corrected chi connectivity index (χ1v) is 2.83. The molecule has 0 atom stereocenters. The normalized spacial score (nSPS) is 14.3. The minimum Gasteiger partial charge on any atom is -0.390 e. The Bertz CT molecular complexity index is 302. The Morgan fingerprint density at radius 1 is 1.90 bits per heavy atom. The molecule has 1 N–H and O–H groups in total. The zero-order valence-corrected chi connectivity index (χ0v) is 5.56. The summed E-state index contributed by atoms with van der Waals surface area (Å²) in [6.45, 7) is -2.77. The molecule has 1 aromatic heterocycles. The van der Waals surface area contributed by atoms with E-state index >= 15 is 0 Å². The first-order chi connectivity index (χ1) is 5.41. The van der Waals surface area contributed by atoms with Gasteiger partial charge >= 0.3 is 0 Å². The second kappa shape index (κ2) is 2.94. The minimum absolute atomic E-state index is 0.0560. The van der Waals surface area contributed by atoms with Crippen LogP contribution in [-0.2, 0) is 6.56 Å². The van der Waals surface area contributed by atoms with Crippen molar-refractivity contribution in [3.05, 3.63) is 28.8 Å². The number of aromatic nitrogens is 1. The number of pyridine rings is 1. The Morgan fingerprint density at radius 3 is 3.10 bits per heavy atom. The molecule has 1 aromatic rings. The Balaban J connectivity index is 3.19. The number of aliphatic hydroxyl groups is 1. The fraction of sp³-hybridized carbons (Fsp3) is 0.167. The van der Waals surface area contributed by atoms with Crippen molar-refractivity contribution in [2.24, 2.45) is 0 Å². The third-order valence-electron chi connectivity index (χ3n) is 0.914. The van der Waals surface area contributed by atoms with Crippen LogP contribution in [0.4, 0.5) is 4.39 Å². The maximum atomic E-state index is 12.8. The molecule has 0 fully saturated rings. The van der Waals surface area contributed by atoms with E-state index in [9.17, 15) is 4.39 Å². The molecular formula is C6H5ClFNO. The summed E-state index contributed by atoms with van der Waals surface area (Å²) in [5.74, 6) is -0.963. The molecule has 54 valence electrons. The summed E-state index contributed by atoms with van der Waals surface area (Å²) in [5, 5.41) is 8.80. The Labute approximate surface area is 65.1 Å². The van der Waals surface area contributed by atoms with Crippen LogP contribution in [0.2, 0.25) is 5.02 Å². The standard InChI is InChI=1S/C6H5ClFNO/c7-4-1-5(8)6(3-10)9-2-4/h1-2,10H,3H2/i3D2. The van der Waals surface area contributed by atoms with Gasteiger partial charge in [-0.2, -0.15) is 0 Å². The van der Waals surface area contributed by atoms with Gasteiger partial charge in [0.05, 0.1) is 14.3 Å². The van der Waals surface area contributed by atoms with Crippen molar-refractivity contribution in [3.8, 4) is 0 Å². The molecule has 0 radical (unpaired) electrons. The molecule has 10 heavy (non-hydrogen) atoms. The second-order valence-corrected chi connectivity index (χ2v) is 2.03. The molecule has 0 saturated heterocycles. The van der Waals surface area contributed by atoms with E-state index in [1.807, 2.05) is 0 Å². The van der Waals surface area contributed by atoms with Gasteiger partial charge in [-0.3, -0.25) is 4.98 Å². The molecule has 0 aliphatic heterocycles. The molecule has 2 nitrogen and oxygen atoms in total. The Hall–Kier alpha value is -0.670. The fourth-order valence-corrected chi connectivity index (χ4v) is 0.641. The van der Waals surface area contributed by atoms with Crippen LogP contribution in [-0.4, -0.2) is 10.1 Å². The monoisotopic (exact) mass is 163 g/mol. The lowest BCUT2D eigenvalue weighted by Crippen LogP contribution is -1.92. The van der Waals surface area contributed by atoms with Crippen LogP contribution >= 0.6 is 11.6 Å². The second-order valence-electron chi connectivity index (χ2n) is 1.60. The molecular weight excluding hydrogens is 157 g/mol. The van der Waals surface area contributed by atoms with Gasteiger partial charge in [0.2, 0.25) is 0 Å². The highest BCUT2D eigenvalue weighted by atomic mass is 35.5. The predicted molar refractivity (Wildman–Crippen MR) is 35.1 cm³/mol. The predicted octanol–water partition coefficient (Wildman–Crippen LogP) is 1.37. The van der Waals surface area contributed by atoms with Crippen molar-refractivity contribution >= 4 is 11.6 Å². The van der Waals surface area contributed by atoms with Gasteiger partial charge in [0.1, 0.15) is 11.5 Å². The van der Waals surface area contributed by atoms with Gasteiger partial charge in [0.25, 0.3) is 0 Å². The Morgan fingerprint density at radius 2 is 2.60 bits per heavy atom. The number of rotatable bonds is 1. The lowest BCUT2D eigenvalue weighted by Gasteiger charge is -1.95. The van der Waals surface area contributed by atoms with E-state index in [4.69, 9.17) is 19.4 Å². The molecule has 1 heterocycles. The van der Waals surface area contributed by atoms with Gasteiger partial charge in [0.15, 0.2) is 0 Å². The molecule has 0 bridgehead atoms. The summed E-state index contributed by atoms with van der Waals surface area (Å²) < 4.78 is 26.3. The van der Waals surface area contributed by atoms with Crippen molar-refractivity contribution < 1.29 is 12.2 Å². The molecule has 4 heteroatoms. The lowest BCUT2D eigenvalue weighted by molar-refractivity contribution is 0.270. The number of hydrogen-bond acceptors (Lipinski definition) is 2. The maximum Gasteiger partial charge on any atom is 0.148 e. The summed E-state index contributed by atoms with van der Waals surface area (Å²) in [7, 11) is 0. The van der Waals surface area contributed by atoms with Crippen LogP contribution in [0.5, 0.6) is 0 Å². The van der Waals surface area contributed by atoms with Gasteiger partial charge in [-0.25, -0.2) is 4.39 Å². The van der Waals surface area contributed by atoms with E-state index in [1.54, 1.807) is 0 Å². The van der Waals surface area contributed by atoms with E-state index in [0.29, 0.717) is 0 Å². The largest absolute Gasteiger partial charge is 0.390 e. The van der Waals surface area contributed by atoms with E-state index < -0.39 is 18.1 Å². The van der Waals surface area contributed by atoms with Crippen LogP contribution in [0, 0.1) is 5.82 Å². The Kier molecular flexibility index (Phi) is 1.48. The molecule has 0 aromatic carbocycles. The third kappa shape index (κ3) is 1.43. The molecule has 0 unspecified atom stereocenters. The van der Waals surface area contributed by atoms with E-state index in [0.717, 1.165) is 12.3 Å². The quantitative estimate of drug-likeness (QED) is 0.678. The summed E-state index contributed by atoms with van der Waals surface area (Å²) >= 11 is 5.36. The average Bonchev–Trinajstić information content (AvgIpc) is 1.83. The lowest BCUT2D eigenvalue weighted by atomic mass is 10.3. The van der Waals surface area contributed by atoms with Gasteiger partial charge in [0, 0.05) is 6.20 Å². The van der Waals surface area contributed by atoms with Crippen LogP contribution in [0.25, 0.3) is 0 Å². The van der Waals surface area contributed by atoms with Crippen LogP contribution in [0.3, 0.4) is 0 Å². The van der Waals surface area contributed by atoms with E-state index in [2.05, 4.69) is 4.98 Å². The highest BCUT2D eigenvalue weighted by molar-refractivity contribution is 6.30. The molecule has 0 aliphatic carbocycles.